The molecule has 0 fully saturated rings. The van der Waals surface area contributed by atoms with Gasteiger partial charge in [-0.3, -0.25) is 14.9 Å². The summed E-state index contributed by atoms with van der Waals surface area (Å²) in [6.07, 6.45) is 0. The molecule has 0 aromatic heterocycles. The summed E-state index contributed by atoms with van der Waals surface area (Å²) in [7, 11) is 0. The van der Waals surface area contributed by atoms with Gasteiger partial charge in [0.15, 0.2) is 5.82 Å². The Balaban J connectivity index is 2.25. The highest BCUT2D eigenvalue weighted by molar-refractivity contribution is 6.30. The number of halogens is 4. The maximum Gasteiger partial charge on any atom is 0.308 e. The minimum Gasteiger partial charge on any atom is -0.384 e. The summed E-state index contributed by atoms with van der Waals surface area (Å²) in [5, 5.41) is 23.6. The quantitative estimate of drug-likeness (QED) is 0.467. The van der Waals surface area contributed by atoms with Gasteiger partial charge in [-0.2, -0.15) is 4.39 Å². The van der Waals surface area contributed by atoms with Crippen LogP contribution in [0.15, 0.2) is 30.3 Å². The van der Waals surface area contributed by atoms with Crippen LogP contribution in [0.25, 0.3) is 0 Å². The summed E-state index contributed by atoms with van der Waals surface area (Å²) in [4.78, 5) is 21.4. The number of amides is 1. The van der Waals surface area contributed by atoms with Crippen molar-refractivity contribution >= 4 is 23.2 Å². The SMILES string of the molecule is CC(O)(CNC(=O)c1cc([N+](=O)[O-])c(F)c(F)c1F)c1ccc(Cl)cc1. The summed E-state index contributed by atoms with van der Waals surface area (Å²) >= 11 is 5.74. The smallest absolute Gasteiger partial charge is 0.308 e. The van der Waals surface area contributed by atoms with Gasteiger partial charge >= 0.3 is 5.69 Å². The fraction of sp³-hybridized carbons (Fsp3) is 0.188. The number of aliphatic hydroxyl groups is 1. The molecule has 2 rings (SSSR count). The average molecular weight is 389 g/mol. The predicted octanol–water partition coefficient (Wildman–Crippen LogP) is 3.30. The first-order valence-electron chi connectivity index (χ1n) is 7.13. The second-order valence-electron chi connectivity index (χ2n) is 5.61. The zero-order chi connectivity index (χ0) is 19.6. The topological polar surface area (TPSA) is 92.5 Å². The number of nitrogens with zero attached hydrogens (tertiary/aromatic N) is 1. The van der Waals surface area contributed by atoms with Crippen molar-refractivity contribution in [3.8, 4) is 0 Å². The van der Waals surface area contributed by atoms with E-state index < -0.39 is 51.7 Å². The Morgan fingerprint density at radius 2 is 1.81 bits per heavy atom. The van der Waals surface area contributed by atoms with E-state index in [1.54, 1.807) is 0 Å². The van der Waals surface area contributed by atoms with Crippen molar-refractivity contribution in [2.24, 2.45) is 0 Å². The Morgan fingerprint density at radius 1 is 1.23 bits per heavy atom. The lowest BCUT2D eigenvalue weighted by molar-refractivity contribution is -0.387. The van der Waals surface area contributed by atoms with Crippen molar-refractivity contribution < 1.29 is 28.0 Å². The van der Waals surface area contributed by atoms with Crippen molar-refractivity contribution in [3.63, 3.8) is 0 Å². The summed E-state index contributed by atoms with van der Waals surface area (Å²) in [5.41, 5.74) is -3.65. The van der Waals surface area contributed by atoms with Gasteiger partial charge < -0.3 is 10.4 Å². The molecule has 6 nitrogen and oxygen atoms in total. The van der Waals surface area contributed by atoms with E-state index in [4.69, 9.17) is 11.6 Å². The van der Waals surface area contributed by atoms with Crippen LogP contribution in [0.3, 0.4) is 0 Å². The third-order valence-electron chi connectivity index (χ3n) is 3.63. The molecule has 0 spiro atoms. The number of benzene rings is 2. The van der Waals surface area contributed by atoms with Crippen LogP contribution in [0.2, 0.25) is 5.02 Å². The minimum absolute atomic E-state index is 0.292. The molecule has 2 N–H and O–H groups in total. The fourth-order valence-electron chi connectivity index (χ4n) is 2.15. The number of rotatable bonds is 5. The van der Waals surface area contributed by atoms with Crippen molar-refractivity contribution in [2.45, 2.75) is 12.5 Å². The van der Waals surface area contributed by atoms with E-state index in [1.165, 1.54) is 31.2 Å². The molecule has 1 amide bonds. The van der Waals surface area contributed by atoms with E-state index in [1.807, 2.05) is 0 Å². The zero-order valence-electron chi connectivity index (χ0n) is 13.2. The molecule has 0 aliphatic carbocycles. The van der Waals surface area contributed by atoms with Crippen LogP contribution in [-0.2, 0) is 5.60 Å². The lowest BCUT2D eigenvalue weighted by Gasteiger charge is -2.24. The maximum atomic E-state index is 13.8. The molecule has 0 aliphatic heterocycles. The molecule has 0 heterocycles. The Labute approximate surface area is 150 Å². The number of nitro benzene ring substituents is 1. The first kappa shape index (κ1) is 19.7. The molecule has 2 aromatic rings. The fourth-order valence-corrected chi connectivity index (χ4v) is 2.27. The summed E-state index contributed by atoms with van der Waals surface area (Å²) in [6, 6.07) is 6.30. The van der Waals surface area contributed by atoms with Crippen LogP contribution in [0, 0.1) is 27.6 Å². The van der Waals surface area contributed by atoms with Crippen LogP contribution in [0.1, 0.15) is 22.8 Å². The minimum atomic E-state index is -2.13. The number of hydrogen-bond acceptors (Lipinski definition) is 4. The molecule has 26 heavy (non-hydrogen) atoms. The first-order valence-corrected chi connectivity index (χ1v) is 7.51. The second kappa shape index (κ2) is 7.30. The summed E-state index contributed by atoms with van der Waals surface area (Å²) in [6.45, 7) is 0.917. The molecular weight excluding hydrogens is 377 g/mol. The second-order valence-corrected chi connectivity index (χ2v) is 6.04. The van der Waals surface area contributed by atoms with Gasteiger partial charge in [0, 0.05) is 11.1 Å². The average Bonchev–Trinajstić information content (AvgIpc) is 2.58. The molecule has 1 atom stereocenters. The molecule has 138 valence electrons. The van der Waals surface area contributed by atoms with E-state index >= 15 is 0 Å². The van der Waals surface area contributed by atoms with Gasteiger partial charge in [-0.15, -0.1) is 0 Å². The molecule has 10 heteroatoms. The summed E-state index contributed by atoms with van der Waals surface area (Å²) < 4.78 is 40.6. The van der Waals surface area contributed by atoms with E-state index in [0.29, 0.717) is 16.7 Å². The van der Waals surface area contributed by atoms with Gasteiger partial charge in [0.05, 0.1) is 17.0 Å². The van der Waals surface area contributed by atoms with Crippen LogP contribution in [0.5, 0.6) is 0 Å². The van der Waals surface area contributed by atoms with Gasteiger partial charge in [0.25, 0.3) is 5.91 Å². The molecular formula is C16H12ClF3N2O4. The molecule has 0 saturated heterocycles. The number of carbonyl (C=O) groups excluding carboxylic acids is 1. The molecule has 2 aromatic carbocycles. The van der Waals surface area contributed by atoms with E-state index in [2.05, 4.69) is 5.32 Å². The standard InChI is InChI=1S/C16H12ClF3N2O4/c1-16(24,8-2-4-9(17)5-3-8)7-21-15(23)10-6-11(22(25)26)13(19)14(20)12(10)18/h2-6,24H,7H2,1H3,(H,21,23). The van der Waals surface area contributed by atoms with Crippen molar-refractivity contribution in [1.29, 1.82) is 0 Å². The summed E-state index contributed by atoms with van der Waals surface area (Å²) in [5.74, 6) is -7.25. The van der Waals surface area contributed by atoms with Crippen LogP contribution < -0.4 is 5.32 Å². The lowest BCUT2D eigenvalue weighted by atomic mass is 9.96. The Kier molecular flexibility index (Phi) is 5.53. The monoisotopic (exact) mass is 388 g/mol. The number of nitrogens with one attached hydrogen (secondary N) is 1. The Morgan fingerprint density at radius 3 is 2.35 bits per heavy atom. The Bertz CT molecular complexity index is 873. The third kappa shape index (κ3) is 3.94. The van der Waals surface area contributed by atoms with Gasteiger partial charge in [-0.25, -0.2) is 8.78 Å². The number of nitro groups is 1. The highest BCUT2D eigenvalue weighted by Gasteiger charge is 2.30. The first-order chi connectivity index (χ1) is 12.0. The van der Waals surface area contributed by atoms with Gasteiger partial charge in [-0.05, 0) is 24.6 Å². The highest BCUT2D eigenvalue weighted by Crippen LogP contribution is 2.26. The van der Waals surface area contributed by atoms with E-state index in [0.717, 1.165) is 0 Å². The molecule has 0 aliphatic rings. The predicted molar refractivity (Wildman–Crippen MR) is 86.3 cm³/mol. The van der Waals surface area contributed by atoms with Crippen molar-refractivity contribution in [3.05, 3.63) is 74.0 Å². The van der Waals surface area contributed by atoms with Crippen molar-refractivity contribution in [1.82, 2.24) is 5.32 Å². The normalized spacial score (nSPS) is 13.2. The van der Waals surface area contributed by atoms with Crippen molar-refractivity contribution in [2.75, 3.05) is 6.54 Å². The lowest BCUT2D eigenvalue weighted by Crippen LogP contribution is -2.39. The third-order valence-corrected chi connectivity index (χ3v) is 3.88. The molecule has 1 unspecified atom stereocenters. The zero-order valence-corrected chi connectivity index (χ0v) is 14.0. The van der Waals surface area contributed by atoms with Crippen LogP contribution in [0.4, 0.5) is 18.9 Å². The van der Waals surface area contributed by atoms with Crippen LogP contribution in [-0.4, -0.2) is 22.5 Å². The van der Waals surface area contributed by atoms with E-state index in [9.17, 15) is 33.2 Å². The highest BCUT2D eigenvalue weighted by atomic mass is 35.5. The maximum absolute atomic E-state index is 13.8. The number of hydrogen-bond donors (Lipinski definition) is 2. The molecule has 0 bridgehead atoms. The molecule has 0 saturated carbocycles. The largest absolute Gasteiger partial charge is 0.384 e. The number of carbonyl (C=O) groups is 1. The van der Waals surface area contributed by atoms with Gasteiger partial charge in [0.1, 0.15) is 5.60 Å². The molecule has 0 radical (unpaired) electrons. The van der Waals surface area contributed by atoms with Gasteiger partial charge in [-0.1, -0.05) is 23.7 Å². The Hall–Kier alpha value is -2.65. The van der Waals surface area contributed by atoms with E-state index in [-0.39, 0.29) is 0 Å². The van der Waals surface area contributed by atoms with Crippen LogP contribution >= 0.6 is 11.6 Å². The van der Waals surface area contributed by atoms with Gasteiger partial charge in [0.2, 0.25) is 11.6 Å².